The van der Waals surface area contributed by atoms with E-state index in [0.29, 0.717) is 36.1 Å². The second-order valence-electron chi connectivity index (χ2n) is 10.9. The van der Waals surface area contributed by atoms with Crippen molar-refractivity contribution in [1.29, 1.82) is 0 Å². The van der Waals surface area contributed by atoms with Gasteiger partial charge in [-0.25, -0.2) is 4.98 Å². The Morgan fingerprint density at radius 3 is 2.71 bits per heavy atom. The minimum Gasteiger partial charge on any atom is -0.392 e. The van der Waals surface area contributed by atoms with Crippen molar-refractivity contribution in [3.63, 3.8) is 0 Å². The molecule has 0 radical (unpaired) electrons. The van der Waals surface area contributed by atoms with Crippen LogP contribution >= 0.6 is 0 Å². The van der Waals surface area contributed by atoms with Gasteiger partial charge in [-0.1, -0.05) is 49.9 Å². The van der Waals surface area contributed by atoms with Crippen LogP contribution < -0.4 is 10.6 Å². The number of carbonyl (C=O) groups excluding carboxylic acids is 2. The molecule has 2 aliphatic heterocycles. The normalized spacial score (nSPS) is 24.9. The van der Waals surface area contributed by atoms with Crippen LogP contribution in [0.4, 0.5) is 11.5 Å². The maximum atomic E-state index is 14.4. The van der Waals surface area contributed by atoms with Crippen LogP contribution in [0.15, 0.2) is 84.8 Å². The number of aliphatic hydroxyl groups excluding tert-OH is 1. The first kappa shape index (κ1) is 24.4. The molecule has 0 bridgehead atoms. The molecule has 2 atom stereocenters. The SMILES string of the molecule is C=CC(=O)N1CC(C2=CC3(C)C=C(C4CC4)C=CC3C(=O)N2c2cccc(-c3ccnc(N)c3)c2CO)C1. The zero-order valence-corrected chi connectivity index (χ0v) is 21.5. The molecule has 1 aromatic heterocycles. The van der Waals surface area contributed by atoms with Crippen LogP contribution in [0.5, 0.6) is 0 Å². The van der Waals surface area contributed by atoms with Crippen molar-refractivity contribution in [3.05, 3.63) is 90.3 Å². The van der Waals surface area contributed by atoms with E-state index in [2.05, 4.69) is 42.8 Å². The van der Waals surface area contributed by atoms with E-state index in [-0.39, 0.29) is 30.3 Å². The molecule has 38 heavy (non-hydrogen) atoms. The second-order valence-corrected chi connectivity index (χ2v) is 10.9. The van der Waals surface area contributed by atoms with Gasteiger partial charge in [-0.2, -0.15) is 0 Å². The van der Waals surface area contributed by atoms with Crippen LogP contribution in [-0.2, 0) is 16.2 Å². The van der Waals surface area contributed by atoms with E-state index in [1.54, 1.807) is 22.1 Å². The molecule has 3 N–H and O–H groups in total. The molecule has 2 unspecified atom stereocenters. The largest absolute Gasteiger partial charge is 0.392 e. The Morgan fingerprint density at radius 2 is 2.03 bits per heavy atom. The number of aliphatic hydroxyl groups is 1. The fraction of sp³-hybridized carbons (Fsp3) is 0.323. The number of anilines is 2. The lowest BCUT2D eigenvalue weighted by molar-refractivity contribution is -0.131. The number of hydrogen-bond donors (Lipinski definition) is 2. The number of nitrogens with two attached hydrogens (primary N) is 1. The number of benzene rings is 1. The molecule has 2 amide bonds. The lowest BCUT2D eigenvalue weighted by Crippen LogP contribution is -2.56. The molecule has 2 aliphatic carbocycles. The molecular weight excluding hydrogens is 476 g/mol. The number of nitrogens with zero attached hydrogens (tertiary/aromatic N) is 3. The Labute approximate surface area is 222 Å². The van der Waals surface area contributed by atoms with Gasteiger partial charge in [0, 0.05) is 41.9 Å². The summed E-state index contributed by atoms with van der Waals surface area (Å²) in [6, 6.07) is 9.32. The third kappa shape index (κ3) is 3.98. The van der Waals surface area contributed by atoms with Crippen LogP contribution in [0.3, 0.4) is 0 Å². The smallest absolute Gasteiger partial charge is 0.245 e. The van der Waals surface area contributed by atoms with Gasteiger partial charge in [0.05, 0.1) is 18.2 Å². The predicted molar refractivity (Wildman–Crippen MR) is 147 cm³/mol. The number of rotatable bonds is 6. The summed E-state index contributed by atoms with van der Waals surface area (Å²) in [6.07, 6.45) is 14.0. The number of carbonyl (C=O) groups is 2. The van der Waals surface area contributed by atoms with Gasteiger partial charge in [0.1, 0.15) is 5.82 Å². The summed E-state index contributed by atoms with van der Waals surface area (Å²) in [7, 11) is 0. The van der Waals surface area contributed by atoms with E-state index >= 15 is 0 Å². The molecule has 6 rings (SSSR count). The molecule has 1 aromatic carbocycles. The van der Waals surface area contributed by atoms with Crippen molar-refractivity contribution >= 4 is 23.3 Å². The number of hydrogen-bond acceptors (Lipinski definition) is 5. The minimum absolute atomic E-state index is 0.00363. The first-order valence-corrected chi connectivity index (χ1v) is 13.2. The van der Waals surface area contributed by atoms with Crippen LogP contribution in [0.1, 0.15) is 25.3 Å². The predicted octanol–water partition coefficient (Wildman–Crippen LogP) is 4.23. The van der Waals surface area contributed by atoms with Gasteiger partial charge in [0.2, 0.25) is 11.8 Å². The highest BCUT2D eigenvalue weighted by molar-refractivity contribution is 6.03. The average Bonchev–Trinajstić information content (AvgIpc) is 3.72. The van der Waals surface area contributed by atoms with Crippen molar-refractivity contribution in [2.45, 2.75) is 26.4 Å². The molecule has 1 saturated carbocycles. The number of allylic oxidation sites excluding steroid dienone is 4. The highest BCUT2D eigenvalue weighted by Crippen LogP contribution is 2.50. The Bertz CT molecular complexity index is 1430. The van der Waals surface area contributed by atoms with Crippen molar-refractivity contribution in [2.75, 3.05) is 23.7 Å². The molecular formula is C31H32N4O3. The van der Waals surface area contributed by atoms with Gasteiger partial charge in [-0.05, 0) is 59.7 Å². The van der Waals surface area contributed by atoms with Crippen molar-refractivity contribution < 1.29 is 14.7 Å². The summed E-state index contributed by atoms with van der Waals surface area (Å²) in [5, 5.41) is 10.6. The van der Waals surface area contributed by atoms with Crippen molar-refractivity contribution in [1.82, 2.24) is 9.88 Å². The Kier molecular flexibility index (Phi) is 5.83. The van der Waals surface area contributed by atoms with Gasteiger partial charge in [-0.15, -0.1) is 0 Å². The number of likely N-dealkylation sites (tertiary alicyclic amines) is 1. The van der Waals surface area contributed by atoms with Gasteiger partial charge < -0.3 is 15.7 Å². The van der Waals surface area contributed by atoms with Crippen LogP contribution in [0.2, 0.25) is 0 Å². The standard InChI is InChI=1S/C31H32N4O3/c1-3-29(37)34-16-22(17-34)27-15-31(2)14-21(19-7-8-19)9-10-25(31)30(38)35(27)26-6-4-5-23(24(26)18-36)20-11-12-33-28(32)13-20/h3-6,9-15,19,22,25,36H,1,7-8,16-18H2,2H3,(H2,32,33). The number of pyridine rings is 1. The Morgan fingerprint density at radius 1 is 1.24 bits per heavy atom. The summed E-state index contributed by atoms with van der Waals surface area (Å²) < 4.78 is 0. The van der Waals surface area contributed by atoms with Gasteiger partial charge in [0.15, 0.2) is 0 Å². The van der Waals surface area contributed by atoms with E-state index in [1.165, 1.54) is 24.5 Å². The number of nitrogen functional groups attached to an aromatic ring is 1. The Balaban J connectivity index is 1.47. The van der Waals surface area contributed by atoms with Crippen LogP contribution in [0.25, 0.3) is 11.1 Å². The molecule has 2 aromatic rings. The van der Waals surface area contributed by atoms with Crippen LogP contribution in [0, 0.1) is 23.2 Å². The highest BCUT2D eigenvalue weighted by Gasteiger charge is 2.49. The Hall–Kier alpha value is -3.97. The third-order valence-corrected chi connectivity index (χ3v) is 8.31. The molecule has 7 nitrogen and oxygen atoms in total. The molecule has 0 spiro atoms. The van der Waals surface area contributed by atoms with E-state index in [4.69, 9.17) is 5.73 Å². The second kappa shape index (κ2) is 9.10. The van der Waals surface area contributed by atoms with Crippen molar-refractivity contribution in [2.24, 2.45) is 23.2 Å². The average molecular weight is 509 g/mol. The summed E-state index contributed by atoms with van der Waals surface area (Å²) in [6.45, 7) is 6.53. The van der Waals surface area contributed by atoms with Gasteiger partial charge in [-0.3, -0.25) is 14.5 Å². The maximum absolute atomic E-state index is 14.4. The lowest BCUT2D eigenvalue weighted by atomic mass is 9.67. The number of fused-ring (bicyclic) bond motifs is 1. The van der Waals surface area contributed by atoms with Gasteiger partial charge in [0.25, 0.3) is 0 Å². The first-order valence-electron chi connectivity index (χ1n) is 13.2. The van der Waals surface area contributed by atoms with E-state index in [0.717, 1.165) is 16.8 Å². The molecule has 7 heteroatoms. The minimum atomic E-state index is -0.449. The quantitative estimate of drug-likeness (QED) is 0.569. The highest BCUT2D eigenvalue weighted by atomic mass is 16.3. The first-order chi connectivity index (χ1) is 18.3. The van der Waals surface area contributed by atoms with Crippen molar-refractivity contribution in [3.8, 4) is 11.1 Å². The summed E-state index contributed by atoms with van der Waals surface area (Å²) in [5.74, 6) is 0.479. The van der Waals surface area contributed by atoms with E-state index in [1.807, 2.05) is 24.3 Å². The van der Waals surface area contributed by atoms with Gasteiger partial charge >= 0.3 is 0 Å². The summed E-state index contributed by atoms with van der Waals surface area (Å²) >= 11 is 0. The fourth-order valence-corrected chi connectivity index (χ4v) is 6.08. The molecule has 3 heterocycles. The van der Waals surface area contributed by atoms with E-state index < -0.39 is 5.41 Å². The monoisotopic (exact) mass is 508 g/mol. The zero-order valence-electron chi connectivity index (χ0n) is 21.5. The lowest BCUT2D eigenvalue weighted by Gasteiger charge is -2.49. The topological polar surface area (TPSA) is 99.8 Å². The molecule has 2 fully saturated rings. The summed E-state index contributed by atoms with van der Waals surface area (Å²) in [4.78, 5) is 34.2. The zero-order chi connectivity index (χ0) is 26.6. The fourth-order valence-electron chi connectivity index (χ4n) is 6.08. The molecule has 1 saturated heterocycles. The summed E-state index contributed by atoms with van der Waals surface area (Å²) in [5.41, 5.74) is 10.6. The van der Waals surface area contributed by atoms with Crippen LogP contribution in [-0.4, -0.2) is 39.9 Å². The third-order valence-electron chi connectivity index (χ3n) is 8.31. The van der Waals surface area contributed by atoms with E-state index in [9.17, 15) is 14.7 Å². The number of aromatic nitrogens is 1. The maximum Gasteiger partial charge on any atom is 0.245 e. The number of amides is 2. The molecule has 194 valence electrons. The molecule has 4 aliphatic rings.